The Morgan fingerprint density at radius 3 is 2.80 bits per heavy atom. The molecule has 0 atom stereocenters. The molecule has 0 aliphatic rings. The van der Waals surface area contributed by atoms with E-state index in [9.17, 15) is 4.79 Å². The zero-order valence-corrected chi connectivity index (χ0v) is 14.7. The van der Waals surface area contributed by atoms with Gasteiger partial charge in [-0.05, 0) is 35.7 Å². The number of carbonyl (C=O) groups is 1. The highest BCUT2D eigenvalue weighted by Crippen LogP contribution is 2.22. The molecule has 0 bridgehead atoms. The number of pyridine rings is 1. The highest BCUT2D eigenvalue weighted by Gasteiger charge is 2.12. The summed E-state index contributed by atoms with van der Waals surface area (Å²) in [6.45, 7) is 2.61. The smallest absolute Gasteiger partial charge is 0.230 e. The largest absolute Gasteiger partial charge is 0.351 e. The maximum absolute atomic E-state index is 12.1. The molecule has 0 aliphatic heterocycles. The van der Waals surface area contributed by atoms with E-state index in [2.05, 4.69) is 33.5 Å². The van der Waals surface area contributed by atoms with Crippen molar-refractivity contribution in [2.75, 3.05) is 5.75 Å². The molecule has 0 saturated heterocycles. The van der Waals surface area contributed by atoms with Crippen LogP contribution in [0.3, 0.4) is 0 Å². The van der Waals surface area contributed by atoms with Crippen molar-refractivity contribution in [3.63, 3.8) is 0 Å². The molecule has 0 saturated carbocycles. The lowest BCUT2D eigenvalue weighted by atomic mass is 10.1. The highest BCUT2D eigenvalue weighted by atomic mass is 32.2. The van der Waals surface area contributed by atoms with E-state index in [1.54, 1.807) is 18.7 Å². The molecule has 3 rings (SSSR count). The molecule has 0 unspecified atom stereocenters. The molecule has 1 aromatic carbocycles. The fourth-order valence-electron chi connectivity index (χ4n) is 2.42. The van der Waals surface area contributed by atoms with Crippen LogP contribution in [0.2, 0.25) is 0 Å². The van der Waals surface area contributed by atoms with Gasteiger partial charge in [-0.1, -0.05) is 36.9 Å². The van der Waals surface area contributed by atoms with Gasteiger partial charge >= 0.3 is 0 Å². The van der Waals surface area contributed by atoms with Crippen LogP contribution in [0.4, 0.5) is 0 Å². The summed E-state index contributed by atoms with van der Waals surface area (Å²) in [5.41, 5.74) is 3.29. The van der Waals surface area contributed by atoms with Crippen molar-refractivity contribution in [2.24, 2.45) is 0 Å². The second-order valence-electron chi connectivity index (χ2n) is 5.39. The quantitative estimate of drug-likeness (QED) is 0.661. The van der Waals surface area contributed by atoms with Crippen molar-refractivity contribution in [3.8, 4) is 5.69 Å². The van der Waals surface area contributed by atoms with Crippen molar-refractivity contribution in [1.29, 1.82) is 0 Å². The van der Waals surface area contributed by atoms with Crippen LogP contribution in [0, 0.1) is 0 Å². The van der Waals surface area contributed by atoms with E-state index in [0.717, 1.165) is 17.7 Å². The fraction of sp³-hybridized carbons (Fsp3) is 0.222. The van der Waals surface area contributed by atoms with E-state index in [1.807, 2.05) is 34.9 Å². The summed E-state index contributed by atoms with van der Waals surface area (Å²) < 4.78 is 1.93. The van der Waals surface area contributed by atoms with E-state index in [4.69, 9.17) is 0 Å². The number of nitrogens with zero attached hydrogens (tertiary/aromatic N) is 4. The Morgan fingerprint density at radius 2 is 2.00 bits per heavy atom. The van der Waals surface area contributed by atoms with Crippen LogP contribution in [0.25, 0.3) is 5.69 Å². The van der Waals surface area contributed by atoms with Crippen LogP contribution in [0.15, 0.2) is 60.3 Å². The van der Waals surface area contributed by atoms with E-state index < -0.39 is 0 Å². The molecule has 0 radical (unpaired) electrons. The molecule has 0 aliphatic carbocycles. The molecule has 3 aromatic rings. The van der Waals surface area contributed by atoms with Crippen LogP contribution in [0.1, 0.15) is 18.1 Å². The normalized spacial score (nSPS) is 10.6. The molecule has 1 N–H and O–H groups in total. The van der Waals surface area contributed by atoms with Gasteiger partial charge in [0.2, 0.25) is 5.91 Å². The van der Waals surface area contributed by atoms with Crippen LogP contribution < -0.4 is 5.32 Å². The van der Waals surface area contributed by atoms with E-state index >= 15 is 0 Å². The minimum Gasteiger partial charge on any atom is -0.351 e. The van der Waals surface area contributed by atoms with Crippen molar-refractivity contribution in [1.82, 2.24) is 25.1 Å². The van der Waals surface area contributed by atoms with Gasteiger partial charge in [0.05, 0.1) is 11.4 Å². The Kier molecular flexibility index (Phi) is 5.79. The van der Waals surface area contributed by atoms with E-state index in [1.165, 1.54) is 17.3 Å². The minimum absolute atomic E-state index is 0.0415. The van der Waals surface area contributed by atoms with Gasteiger partial charge in [0.25, 0.3) is 0 Å². The number of para-hydroxylation sites is 1. The molecular formula is C18H19N5OS. The molecule has 128 valence electrons. The molecule has 25 heavy (non-hydrogen) atoms. The van der Waals surface area contributed by atoms with E-state index in [0.29, 0.717) is 11.7 Å². The molecule has 2 heterocycles. The fourth-order valence-corrected chi connectivity index (χ4v) is 3.17. The molecule has 7 heteroatoms. The van der Waals surface area contributed by atoms with Gasteiger partial charge in [-0.3, -0.25) is 14.3 Å². The number of amides is 1. The Morgan fingerprint density at radius 1 is 1.20 bits per heavy atom. The predicted molar refractivity (Wildman–Crippen MR) is 97.5 cm³/mol. The second kappa shape index (κ2) is 8.43. The van der Waals surface area contributed by atoms with Crippen molar-refractivity contribution in [3.05, 3.63) is 66.2 Å². The number of hydrogen-bond donors (Lipinski definition) is 1. The third-order valence-corrected chi connectivity index (χ3v) is 4.66. The number of benzene rings is 1. The van der Waals surface area contributed by atoms with Gasteiger partial charge in [0.1, 0.15) is 6.33 Å². The summed E-state index contributed by atoms with van der Waals surface area (Å²) >= 11 is 1.38. The van der Waals surface area contributed by atoms with Gasteiger partial charge in [-0.25, -0.2) is 0 Å². The average molecular weight is 353 g/mol. The Labute approximate surface area is 150 Å². The molecule has 2 aromatic heterocycles. The number of aryl methyl sites for hydroxylation is 1. The molecule has 1 amide bonds. The Balaban J connectivity index is 1.61. The molecule has 6 nitrogen and oxygen atoms in total. The predicted octanol–water partition coefficient (Wildman–Crippen LogP) is 2.63. The summed E-state index contributed by atoms with van der Waals surface area (Å²) in [5, 5.41) is 11.8. The first-order valence-electron chi connectivity index (χ1n) is 8.04. The molecular weight excluding hydrogens is 334 g/mol. The standard InChI is InChI=1S/C18H19N5OS/c1-2-15-5-3-4-6-16(15)23-13-21-22-18(23)25-12-17(24)20-11-14-7-9-19-10-8-14/h3-10,13H,2,11-12H2,1H3,(H,20,24). The van der Waals surface area contributed by atoms with Crippen LogP contribution in [0.5, 0.6) is 0 Å². The van der Waals surface area contributed by atoms with E-state index in [-0.39, 0.29) is 11.7 Å². The lowest BCUT2D eigenvalue weighted by Crippen LogP contribution is -2.24. The first-order valence-corrected chi connectivity index (χ1v) is 9.03. The first-order chi connectivity index (χ1) is 12.3. The summed E-state index contributed by atoms with van der Waals surface area (Å²) in [4.78, 5) is 16.0. The van der Waals surface area contributed by atoms with Crippen LogP contribution in [-0.4, -0.2) is 31.4 Å². The number of hydrogen-bond acceptors (Lipinski definition) is 5. The maximum Gasteiger partial charge on any atom is 0.230 e. The van der Waals surface area contributed by atoms with Gasteiger partial charge in [0.15, 0.2) is 5.16 Å². The summed E-state index contributed by atoms with van der Waals surface area (Å²) in [7, 11) is 0. The number of aromatic nitrogens is 4. The second-order valence-corrected chi connectivity index (χ2v) is 6.33. The number of thioether (sulfide) groups is 1. The number of carbonyl (C=O) groups excluding carboxylic acids is 1. The Bertz CT molecular complexity index is 834. The highest BCUT2D eigenvalue weighted by molar-refractivity contribution is 7.99. The zero-order chi connectivity index (χ0) is 17.5. The monoisotopic (exact) mass is 353 g/mol. The SMILES string of the molecule is CCc1ccccc1-n1cnnc1SCC(=O)NCc1ccncc1. The summed E-state index contributed by atoms with van der Waals surface area (Å²) in [5.74, 6) is 0.248. The van der Waals surface area contributed by atoms with Crippen molar-refractivity contribution in [2.45, 2.75) is 25.0 Å². The van der Waals surface area contributed by atoms with Gasteiger partial charge in [0, 0.05) is 18.9 Å². The van der Waals surface area contributed by atoms with Crippen LogP contribution in [-0.2, 0) is 17.8 Å². The third-order valence-electron chi connectivity index (χ3n) is 3.72. The Hall–Kier alpha value is -2.67. The molecule has 0 spiro atoms. The first kappa shape index (κ1) is 17.2. The van der Waals surface area contributed by atoms with Crippen molar-refractivity contribution < 1.29 is 4.79 Å². The average Bonchev–Trinajstić information content (AvgIpc) is 3.14. The van der Waals surface area contributed by atoms with Crippen molar-refractivity contribution >= 4 is 17.7 Å². The zero-order valence-electron chi connectivity index (χ0n) is 13.9. The van der Waals surface area contributed by atoms with Gasteiger partial charge in [-0.15, -0.1) is 10.2 Å². The maximum atomic E-state index is 12.1. The topological polar surface area (TPSA) is 72.7 Å². The van der Waals surface area contributed by atoms with Gasteiger partial charge < -0.3 is 5.32 Å². The number of rotatable bonds is 7. The minimum atomic E-state index is -0.0415. The lowest BCUT2D eigenvalue weighted by molar-refractivity contribution is -0.118. The lowest BCUT2D eigenvalue weighted by Gasteiger charge is -2.10. The summed E-state index contributed by atoms with van der Waals surface area (Å²) in [6, 6.07) is 11.9. The van der Waals surface area contributed by atoms with Crippen LogP contribution >= 0.6 is 11.8 Å². The summed E-state index contributed by atoms with van der Waals surface area (Å²) in [6.07, 6.45) is 6.03. The number of nitrogens with one attached hydrogen (secondary N) is 1. The van der Waals surface area contributed by atoms with Gasteiger partial charge in [-0.2, -0.15) is 0 Å². The third kappa shape index (κ3) is 4.45. The molecule has 0 fully saturated rings.